The van der Waals surface area contributed by atoms with Crippen molar-refractivity contribution in [2.24, 2.45) is 5.92 Å². The van der Waals surface area contributed by atoms with E-state index in [1.165, 1.54) is 11.4 Å². The van der Waals surface area contributed by atoms with Crippen molar-refractivity contribution in [3.8, 4) is 5.75 Å². The molecule has 2 rings (SSSR count). The van der Waals surface area contributed by atoms with Crippen LogP contribution in [0.15, 0.2) is 23.1 Å². The number of hydrogen-bond donors (Lipinski definition) is 1. The van der Waals surface area contributed by atoms with Gasteiger partial charge < -0.3 is 10.1 Å². The van der Waals surface area contributed by atoms with Crippen molar-refractivity contribution in [1.29, 1.82) is 0 Å². The average molecular weight is 354 g/mol. The minimum absolute atomic E-state index is 0.0621. The molecule has 0 bridgehead atoms. The first-order valence-electron chi connectivity index (χ1n) is 8.32. The van der Waals surface area contributed by atoms with Gasteiger partial charge in [0.1, 0.15) is 10.6 Å². The molecule has 1 saturated heterocycles. The second-order valence-electron chi connectivity index (χ2n) is 6.15. The van der Waals surface area contributed by atoms with Gasteiger partial charge in [-0.2, -0.15) is 4.31 Å². The summed E-state index contributed by atoms with van der Waals surface area (Å²) in [5.41, 5.74) is 0.851. The smallest absolute Gasteiger partial charge is 0.246 e. The first-order valence-corrected chi connectivity index (χ1v) is 9.76. The Labute approximate surface area is 144 Å². The predicted octanol–water partition coefficient (Wildman–Crippen LogP) is 1.93. The van der Waals surface area contributed by atoms with E-state index in [0.717, 1.165) is 12.0 Å². The fourth-order valence-corrected chi connectivity index (χ4v) is 4.66. The van der Waals surface area contributed by atoms with E-state index in [0.29, 0.717) is 31.7 Å². The van der Waals surface area contributed by atoms with Crippen LogP contribution in [0.3, 0.4) is 0 Å². The lowest BCUT2D eigenvalue weighted by molar-refractivity contribution is -0.126. The molecule has 1 aliphatic rings. The zero-order valence-electron chi connectivity index (χ0n) is 14.5. The minimum atomic E-state index is -3.69. The summed E-state index contributed by atoms with van der Waals surface area (Å²) in [4.78, 5) is 12.4. The number of sulfonamides is 1. The van der Waals surface area contributed by atoms with E-state index in [1.807, 2.05) is 19.9 Å². The molecular formula is C17H26N2O4S. The first kappa shape index (κ1) is 18.7. The number of aryl methyl sites for hydroxylation is 1. The van der Waals surface area contributed by atoms with E-state index >= 15 is 0 Å². The van der Waals surface area contributed by atoms with Crippen molar-refractivity contribution in [1.82, 2.24) is 9.62 Å². The number of nitrogens with one attached hydrogen (secondary N) is 1. The van der Waals surface area contributed by atoms with E-state index in [1.54, 1.807) is 12.1 Å². The number of benzene rings is 1. The Morgan fingerprint density at radius 2 is 2.17 bits per heavy atom. The highest BCUT2D eigenvalue weighted by atomic mass is 32.2. The summed E-state index contributed by atoms with van der Waals surface area (Å²) in [6, 6.07) is 5.10. The molecule has 0 unspecified atom stereocenters. The number of carbonyl (C=O) groups is 1. The third-order valence-electron chi connectivity index (χ3n) is 4.24. The summed E-state index contributed by atoms with van der Waals surface area (Å²) < 4.78 is 32.7. The highest BCUT2D eigenvalue weighted by Gasteiger charge is 2.34. The molecule has 0 spiro atoms. The molecular weight excluding hydrogens is 328 g/mol. The minimum Gasteiger partial charge on any atom is -0.495 e. The highest BCUT2D eigenvalue weighted by molar-refractivity contribution is 7.89. The lowest BCUT2D eigenvalue weighted by Crippen LogP contribution is -2.45. The maximum atomic E-state index is 13.0. The molecule has 0 aliphatic carbocycles. The van der Waals surface area contributed by atoms with Gasteiger partial charge in [0, 0.05) is 19.6 Å². The van der Waals surface area contributed by atoms with Crippen molar-refractivity contribution in [3.05, 3.63) is 23.8 Å². The van der Waals surface area contributed by atoms with E-state index in [4.69, 9.17) is 4.74 Å². The molecule has 1 N–H and O–H groups in total. The summed E-state index contributed by atoms with van der Waals surface area (Å²) in [5, 5.41) is 2.86. The van der Waals surface area contributed by atoms with Gasteiger partial charge in [-0.05, 0) is 43.9 Å². The van der Waals surface area contributed by atoms with Crippen LogP contribution in [0.5, 0.6) is 5.75 Å². The topological polar surface area (TPSA) is 75.7 Å². The van der Waals surface area contributed by atoms with Crippen molar-refractivity contribution in [2.45, 2.75) is 38.0 Å². The van der Waals surface area contributed by atoms with Crippen LogP contribution >= 0.6 is 0 Å². The van der Waals surface area contributed by atoms with Gasteiger partial charge in [-0.1, -0.05) is 13.0 Å². The molecule has 1 aromatic rings. The van der Waals surface area contributed by atoms with Crippen LogP contribution in [0.2, 0.25) is 0 Å². The summed E-state index contributed by atoms with van der Waals surface area (Å²) >= 11 is 0. The van der Waals surface area contributed by atoms with Crippen molar-refractivity contribution in [3.63, 3.8) is 0 Å². The number of nitrogens with zero attached hydrogens (tertiary/aromatic N) is 1. The standard InChI is InChI=1S/C17H26N2O4S/c1-4-9-18-17(20)14-6-5-10-19(12-14)24(21,22)16-11-13(2)7-8-15(16)23-3/h7-8,11,14H,4-6,9-10,12H2,1-3H3,(H,18,20)/t14-/m0/s1. The molecule has 1 aliphatic heterocycles. The lowest BCUT2D eigenvalue weighted by atomic mass is 9.99. The number of amides is 1. The number of methoxy groups -OCH3 is 1. The average Bonchev–Trinajstić information content (AvgIpc) is 2.59. The highest BCUT2D eigenvalue weighted by Crippen LogP contribution is 2.30. The van der Waals surface area contributed by atoms with Crippen LogP contribution in [0.25, 0.3) is 0 Å². The SMILES string of the molecule is CCCNC(=O)[C@H]1CCCN(S(=O)(=O)c2cc(C)ccc2OC)C1. The maximum absolute atomic E-state index is 13.0. The van der Waals surface area contributed by atoms with E-state index in [2.05, 4.69) is 5.32 Å². The lowest BCUT2D eigenvalue weighted by Gasteiger charge is -2.31. The molecule has 1 heterocycles. The van der Waals surface area contributed by atoms with Gasteiger partial charge in [0.2, 0.25) is 15.9 Å². The van der Waals surface area contributed by atoms with Crippen LogP contribution in [0.4, 0.5) is 0 Å². The van der Waals surface area contributed by atoms with Gasteiger partial charge in [-0.3, -0.25) is 4.79 Å². The zero-order valence-corrected chi connectivity index (χ0v) is 15.4. The summed E-state index contributed by atoms with van der Waals surface area (Å²) in [6.07, 6.45) is 2.26. The molecule has 0 radical (unpaired) electrons. The Hall–Kier alpha value is -1.60. The largest absolute Gasteiger partial charge is 0.495 e. The Morgan fingerprint density at radius 3 is 2.83 bits per heavy atom. The normalized spacial score (nSPS) is 19.0. The molecule has 1 aromatic carbocycles. The number of carbonyl (C=O) groups excluding carboxylic acids is 1. The van der Waals surface area contributed by atoms with Gasteiger partial charge in [0.25, 0.3) is 0 Å². The van der Waals surface area contributed by atoms with Crippen LogP contribution in [-0.4, -0.2) is 45.4 Å². The molecule has 6 nitrogen and oxygen atoms in total. The zero-order chi connectivity index (χ0) is 17.7. The van der Waals surface area contributed by atoms with E-state index < -0.39 is 10.0 Å². The maximum Gasteiger partial charge on any atom is 0.246 e. The van der Waals surface area contributed by atoms with Crippen molar-refractivity contribution < 1.29 is 17.9 Å². The van der Waals surface area contributed by atoms with Crippen molar-refractivity contribution >= 4 is 15.9 Å². The monoisotopic (exact) mass is 354 g/mol. The number of rotatable bonds is 6. The van der Waals surface area contributed by atoms with Crippen LogP contribution in [-0.2, 0) is 14.8 Å². The Kier molecular flexibility index (Phi) is 6.23. The van der Waals surface area contributed by atoms with Gasteiger partial charge in [-0.25, -0.2) is 8.42 Å². The molecule has 7 heteroatoms. The molecule has 0 aromatic heterocycles. The second kappa shape index (κ2) is 7.98. The molecule has 0 saturated carbocycles. The first-order chi connectivity index (χ1) is 11.4. The summed E-state index contributed by atoms with van der Waals surface area (Å²) in [5.74, 6) is -0.0259. The number of ether oxygens (including phenoxy) is 1. The van der Waals surface area contributed by atoms with Crippen LogP contribution < -0.4 is 10.1 Å². The molecule has 1 atom stereocenters. The van der Waals surface area contributed by atoms with Crippen LogP contribution in [0, 0.1) is 12.8 Å². The third kappa shape index (κ3) is 4.08. The Bertz CT molecular complexity index is 688. The quantitative estimate of drug-likeness (QED) is 0.847. The van der Waals surface area contributed by atoms with Gasteiger partial charge in [0.05, 0.1) is 13.0 Å². The Balaban J connectivity index is 2.23. The third-order valence-corrected chi connectivity index (χ3v) is 6.13. The number of hydrogen-bond acceptors (Lipinski definition) is 4. The van der Waals surface area contributed by atoms with E-state index in [-0.39, 0.29) is 23.3 Å². The molecule has 1 fully saturated rings. The summed E-state index contributed by atoms with van der Waals surface area (Å²) in [7, 11) is -2.23. The van der Waals surface area contributed by atoms with Gasteiger partial charge in [0.15, 0.2) is 0 Å². The van der Waals surface area contributed by atoms with Gasteiger partial charge >= 0.3 is 0 Å². The van der Waals surface area contributed by atoms with Gasteiger partial charge in [-0.15, -0.1) is 0 Å². The fraction of sp³-hybridized carbons (Fsp3) is 0.588. The summed E-state index contributed by atoms with van der Waals surface area (Å²) in [6.45, 7) is 5.09. The fourth-order valence-electron chi connectivity index (χ4n) is 2.89. The predicted molar refractivity (Wildman–Crippen MR) is 92.5 cm³/mol. The van der Waals surface area contributed by atoms with E-state index in [9.17, 15) is 13.2 Å². The second-order valence-corrected chi connectivity index (χ2v) is 8.05. The van der Waals surface area contributed by atoms with Crippen molar-refractivity contribution in [2.75, 3.05) is 26.7 Å². The molecule has 1 amide bonds. The van der Waals surface area contributed by atoms with Crippen LogP contribution in [0.1, 0.15) is 31.7 Å². The molecule has 24 heavy (non-hydrogen) atoms. The molecule has 134 valence electrons. The number of piperidine rings is 1. The Morgan fingerprint density at radius 1 is 1.42 bits per heavy atom.